The Morgan fingerprint density at radius 3 is 2.67 bits per heavy atom. The maximum absolute atomic E-state index is 12.5. The molecule has 0 fully saturated rings. The highest BCUT2D eigenvalue weighted by molar-refractivity contribution is 7.91. The van der Waals surface area contributed by atoms with Crippen molar-refractivity contribution in [2.24, 2.45) is 0 Å². The van der Waals surface area contributed by atoms with Gasteiger partial charge in [-0.05, 0) is 41.8 Å². The fourth-order valence-corrected chi connectivity index (χ4v) is 4.36. The van der Waals surface area contributed by atoms with Crippen LogP contribution in [0.3, 0.4) is 0 Å². The largest absolute Gasteiger partial charge is 0.352 e. The molecule has 0 bridgehead atoms. The lowest BCUT2D eigenvalue weighted by atomic mass is 10.1. The number of hydrogen-bond acceptors (Lipinski definition) is 4. The second-order valence-electron chi connectivity index (χ2n) is 6.69. The minimum absolute atomic E-state index is 0.0601. The summed E-state index contributed by atoms with van der Waals surface area (Å²) in [4.78, 5) is 25.5. The standard InChI is InChI=1S/C20H22N2O4S/c1-14-5-3-4-6-15(14)13-21-19(23)9-10-27(25,26)17-7-8-18-16(11-17)12-20(24)22(18)2/h3-8,11H,9-10,12-13H2,1-2H3,(H,21,23). The van der Waals surface area contributed by atoms with Gasteiger partial charge in [-0.3, -0.25) is 9.59 Å². The minimum Gasteiger partial charge on any atom is -0.352 e. The molecule has 6 nitrogen and oxygen atoms in total. The van der Waals surface area contributed by atoms with Crippen molar-refractivity contribution in [2.45, 2.75) is 31.2 Å². The van der Waals surface area contributed by atoms with E-state index in [0.717, 1.165) is 16.8 Å². The van der Waals surface area contributed by atoms with Gasteiger partial charge in [0.2, 0.25) is 11.8 Å². The zero-order valence-corrected chi connectivity index (χ0v) is 16.2. The van der Waals surface area contributed by atoms with Crippen LogP contribution in [0.2, 0.25) is 0 Å². The minimum atomic E-state index is -3.59. The predicted octanol–water partition coefficient (Wildman–Crippen LogP) is 1.99. The summed E-state index contributed by atoms with van der Waals surface area (Å²) in [6.45, 7) is 2.33. The molecule has 2 aromatic carbocycles. The lowest BCUT2D eigenvalue weighted by Crippen LogP contribution is -2.25. The highest BCUT2D eigenvalue weighted by Gasteiger charge is 2.26. The average molecular weight is 386 g/mol. The van der Waals surface area contributed by atoms with E-state index in [1.165, 1.54) is 17.0 Å². The Hall–Kier alpha value is -2.67. The molecule has 1 aliphatic rings. The molecule has 142 valence electrons. The number of anilines is 1. The van der Waals surface area contributed by atoms with Gasteiger partial charge in [-0.15, -0.1) is 0 Å². The molecule has 0 aliphatic carbocycles. The monoisotopic (exact) mass is 386 g/mol. The van der Waals surface area contributed by atoms with E-state index in [4.69, 9.17) is 0 Å². The Morgan fingerprint density at radius 2 is 1.93 bits per heavy atom. The van der Waals surface area contributed by atoms with Crippen LogP contribution in [-0.2, 0) is 32.4 Å². The van der Waals surface area contributed by atoms with Crippen molar-refractivity contribution in [3.8, 4) is 0 Å². The summed E-state index contributed by atoms with van der Waals surface area (Å²) in [7, 11) is -1.93. The van der Waals surface area contributed by atoms with Gasteiger partial charge in [-0.25, -0.2) is 8.42 Å². The second-order valence-corrected chi connectivity index (χ2v) is 8.80. The molecule has 7 heteroatoms. The van der Waals surface area contributed by atoms with Gasteiger partial charge in [-0.2, -0.15) is 0 Å². The third-order valence-corrected chi connectivity index (χ3v) is 6.54. The number of nitrogens with one attached hydrogen (secondary N) is 1. The third kappa shape index (κ3) is 4.19. The maximum Gasteiger partial charge on any atom is 0.231 e. The number of fused-ring (bicyclic) bond motifs is 1. The number of benzene rings is 2. The smallest absolute Gasteiger partial charge is 0.231 e. The summed E-state index contributed by atoms with van der Waals surface area (Å²) in [6, 6.07) is 12.4. The third-order valence-electron chi connectivity index (χ3n) is 4.82. The fraction of sp³-hybridized carbons (Fsp3) is 0.300. The highest BCUT2D eigenvalue weighted by atomic mass is 32.2. The molecule has 0 spiro atoms. The Balaban J connectivity index is 1.60. The van der Waals surface area contributed by atoms with Gasteiger partial charge in [0.1, 0.15) is 0 Å². The number of aryl methyl sites for hydroxylation is 1. The van der Waals surface area contributed by atoms with Crippen LogP contribution >= 0.6 is 0 Å². The number of nitrogens with zero attached hydrogens (tertiary/aromatic N) is 1. The first-order valence-corrected chi connectivity index (χ1v) is 10.4. The van der Waals surface area contributed by atoms with Gasteiger partial charge < -0.3 is 10.2 Å². The maximum atomic E-state index is 12.5. The van der Waals surface area contributed by atoms with Crippen molar-refractivity contribution in [1.82, 2.24) is 5.32 Å². The zero-order chi connectivity index (χ0) is 19.6. The van der Waals surface area contributed by atoms with E-state index in [-0.39, 0.29) is 35.3 Å². The summed E-state index contributed by atoms with van der Waals surface area (Å²) in [5.74, 6) is -0.636. The molecule has 1 N–H and O–H groups in total. The summed E-state index contributed by atoms with van der Waals surface area (Å²) >= 11 is 0. The van der Waals surface area contributed by atoms with Gasteiger partial charge in [-0.1, -0.05) is 24.3 Å². The van der Waals surface area contributed by atoms with Crippen LogP contribution in [0, 0.1) is 6.92 Å². The van der Waals surface area contributed by atoms with Crippen molar-refractivity contribution in [1.29, 1.82) is 0 Å². The Kier molecular flexibility index (Phi) is 5.32. The van der Waals surface area contributed by atoms with E-state index < -0.39 is 9.84 Å². The van der Waals surface area contributed by atoms with E-state index in [1.54, 1.807) is 13.1 Å². The number of carbonyl (C=O) groups excluding carboxylic acids is 2. The zero-order valence-electron chi connectivity index (χ0n) is 15.4. The summed E-state index contributed by atoms with van der Waals surface area (Å²) < 4.78 is 25.1. The SMILES string of the molecule is Cc1ccccc1CNC(=O)CCS(=O)(=O)c1ccc2c(c1)CC(=O)N2C. The van der Waals surface area contributed by atoms with Crippen LogP contribution < -0.4 is 10.2 Å². The van der Waals surface area contributed by atoms with Gasteiger partial charge in [0, 0.05) is 25.7 Å². The number of amides is 2. The number of rotatable bonds is 6. The van der Waals surface area contributed by atoms with Crippen molar-refractivity contribution in [2.75, 3.05) is 17.7 Å². The van der Waals surface area contributed by atoms with E-state index in [2.05, 4.69) is 5.32 Å². The van der Waals surface area contributed by atoms with Crippen LogP contribution in [0.25, 0.3) is 0 Å². The Morgan fingerprint density at radius 1 is 1.19 bits per heavy atom. The van der Waals surface area contributed by atoms with Crippen molar-refractivity contribution < 1.29 is 18.0 Å². The normalized spacial score (nSPS) is 13.6. The van der Waals surface area contributed by atoms with E-state index in [9.17, 15) is 18.0 Å². The molecular weight excluding hydrogens is 364 g/mol. The molecule has 1 aliphatic heterocycles. The number of carbonyl (C=O) groups is 2. The van der Waals surface area contributed by atoms with Gasteiger partial charge in [0.05, 0.1) is 17.1 Å². The molecule has 2 amide bonds. The van der Waals surface area contributed by atoms with E-state index in [0.29, 0.717) is 12.1 Å². The second kappa shape index (κ2) is 7.52. The molecule has 0 unspecified atom stereocenters. The molecule has 0 radical (unpaired) electrons. The van der Waals surface area contributed by atoms with Crippen LogP contribution in [0.1, 0.15) is 23.1 Å². The molecule has 0 saturated carbocycles. The molecular formula is C20H22N2O4S. The molecule has 0 aromatic heterocycles. The van der Waals surface area contributed by atoms with Gasteiger partial charge in [0.25, 0.3) is 0 Å². The Labute approximate surface area is 159 Å². The molecule has 0 saturated heterocycles. The van der Waals surface area contributed by atoms with E-state index in [1.807, 2.05) is 31.2 Å². The molecule has 1 heterocycles. The van der Waals surface area contributed by atoms with Crippen LogP contribution in [-0.4, -0.2) is 33.0 Å². The molecule has 3 rings (SSSR count). The van der Waals surface area contributed by atoms with Gasteiger partial charge >= 0.3 is 0 Å². The summed E-state index contributed by atoms with van der Waals surface area (Å²) in [5.41, 5.74) is 3.51. The number of hydrogen-bond donors (Lipinski definition) is 1. The topological polar surface area (TPSA) is 83.5 Å². The predicted molar refractivity (Wildman–Crippen MR) is 103 cm³/mol. The lowest BCUT2D eigenvalue weighted by molar-refractivity contribution is -0.121. The number of likely N-dealkylation sites (N-methyl/N-ethyl adjacent to an activating group) is 1. The first-order valence-electron chi connectivity index (χ1n) is 8.71. The average Bonchev–Trinajstić information content (AvgIpc) is 2.93. The van der Waals surface area contributed by atoms with Crippen LogP contribution in [0.4, 0.5) is 5.69 Å². The molecule has 0 atom stereocenters. The fourth-order valence-electron chi connectivity index (χ4n) is 3.08. The van der Waals surface area contributed by atoms with Crippen molar-refractivity contribution >= 4 is 27.3 Å². The van der Waals surface area contributed by atoms with Crippen molar-refractivity contribution in [3.05, 3.63) is 59.2 Å². The van der Waals surface area contributed by atoms with Gasteiger partial charge in [0.15, 0.2) is 9.84 Å². The first-order chi connectivity index (χ1) is 12.8. The van der Waals surface area contributed by atoms with Crippen LogP contribution in [0.5, 0.6) is 0 Å². The number of sulfone groups is 1. The van der Waals surface area contributed by atoms with E-state index >= 15 is 0 Å². The summed E-state index contributed by atoms with van der Waals surface area (Å²) in [5, 5.41) is 2.76. The Bertz CT molecular complexity index is 999. The molecule has 27 heavy (non-hydrogen) atoms. The van der Waals surface area contributed by atoms with Crippen molar-refractivity contribution in [3.63, 3.8) is 0 Å². The van der Waals surface area contributed by atoms with Crippen LogP contribution in [0.15, 0.2) is 47.4 Å². The quantitative estimate of drug-likeness (QED) is 0.823. The molecule has 2 aromatic rings. The lowest BCUT2D eigenvalue weighted by Gasteiger charge is -2.11. The first kappa shape index (κ1) is 19.1. The summed E-state index contributed by atoms with van der Waals surface area (Å²) in [6.07, 6.45) is 0.0935. The highest BCUT2D eigenvalue weighted by Crippen LogP contribution is 2.30.